The molecule has 3 aromatic rings. The number of ether oxygens (including phenoxy) is 1. The molecule has 0 fully saturated rings. The molecule has 0 heterocycles. The van der Waals surface area contributed by atoms with Crippen LogP contribution in [-0.4, -0.2) is 25.5 Å². The van der Waals surface area contributed by atoms with Gasteiger partial charge in [0.1, 0.15) is 18.4 Å². The number of hydrogen-bond donors (Lipinski definition) is 2. The highest BCUT2D eigenvalue weighted by Gasteiger charge is 2.27. The van der Waals surface area contributed by atoms with Crippen molar-refractivity contribution in [3.05, 3.63) is 83.4 Å². The smallest absolute Gasteiger partial charge is 0.322 e. The Balaban J connectivity index is 1.68. The average Bonchev–Trinajstić information content (AvgIpc) is 2.76. The first kappa shape index (κ1) is 23.8. The van der Waals surface area contributed by atoms with Gasteiger partial charge in [0.25, 0.3) is 0 Å². The van der Waals surface area contributed by atoms with Crippen LogP contribution in [0.15, 0.2) is 77.7 Å². The van der Waals surface area contributed by atoms with E-state index in [-0.39, 0.29) is 10.8 Å². The lowest BCUT2D eigenvalue weighted by atomic mass is 10.1. The molecule has 0 radical (unpaired) electrons. The molecule has 0 aliphatic rings. The number of halogens is 1. The molecule has 32 heavy (non-hydrogen) atoms. The van der Waals surface area contributed by atoms with Crippen molar-refractivity contribution in [2.75, 3.05) is 0 Å². The molecule has 0 saturated heterocycles. The maximum absolute atomic E-state index is 12.6. The van der Waals surface area contributed by atoms with E-state index in [0.29, 0.717) is 17.4 Å². The summed E-state index contributed by atoms with van der Waals surface area (Å²) in [5, 5.41) is 9.90. The van der Waals surface area contributed by atoms with Crippen molar-refractivity contribution in [2.45, 2.75) is 31.4 Å². The molecular weight excluding hydrogens is 450 g/mol. The predicted molar refractivity (Wildman–Crippen MR) is 124 cm³/mol. The number of carbonyl (C=O) groups is 1. The van der Waals surface area contributed by atoms with E-state index in [0.717, 1.165) is 16.7 Å². The number of sulfonamides is 1. The lowest BCUT2D eigenvalue weighted by Gasteiger charge is -2.18. The van der Waals surface area contributed by atoms with E-state index in [2.05, 4.69) is 4.72 Å². The second-order valence-corrected chi connectivity index (χ2v) is 9.80. The van der Waals surface area contributed by atoms with Crippen LogP contribution in [0.1, 0.15) is 19.4 Å². The summed E-state index contributed by atoms with van der Waals surface area (Å²) in [6.07, 6.45) is 0. The van der Waals surface area contributed by atoms with Gasteiger partial charge in [-0.2, -0.15) is 4.72 Å². The Morgan fingerprint density at radius 1 is 1.00 bits per heavy atom. The van der Waals surface area contributed by atoms with Crippen molar-refractivity contribution < 1.29 is 23.1 Å². The SMILES string of the molecule is CC(C)[C@@H](NS(=O)(=O)c1ccc(-c2ccc(OCc3cccc(Cl)c3)cc2)cc1)C(=O)O. The van der Waals surface area contributed by atoms with Crippen molar-refractivity contribution in [3.63, 3.8) is 0 Å². The van der Waals surface area contributed by atoms with E-state index in [1.54, 1.807) is 32.0 Å². The van der Waals surface area contributed by atoms with Gasteiger partial charge in [-0.05, 0) is 59.0 Å². The molecular formula is C24H24ClNO5S. The Kier molecular flexibility index (Phi) is 7.56. The number of hydrogen-bond acceptors (Lipinski definition) is 4. The summed E-state index contributed by atoms with van der Waals surface area (Å²) >= 11 is 5.98. The third-order valence-electron chi connectivity index (χ3n) is 4.86. The van der Waals surface area contributed by atoms with E-state index in [1.807, 2.05) is 42.5 Å². The Bertz CT molecular complexity index is 1180. The van der Waals surface area contributed by atoms with Crippen LogP contribution in [0, 0.1) is 5.92 Å². The van der Waals surface area contributed by atoms with Crippen LogP contribution in [-0.2, 0) is 21.4 Å². The number of benzene rings is 3. The van der Waals surface area contributed by atoms with Crippen molar-refractivity contribution in [1.29, 1.82) is 0 Å². The number of nitrogens with one attached hydrogen (secondary N) is 1. The summed E-state index contributed by atoms with van der Waals surface area (Å²) in [5.74, 6) is -0.899. The van der Waals surface area contributed by atoms with Gasteiger partial charge < -0.3 is 9.84 Å². The maximum Gasteiger partial charge on any atom is 0.322 e. The highest BCUT2D eigenvalue weighted by molar-refractivity contribution is 7.89. The highest BCUT2D eigenvalue weighted by atomic mass is 35.5. The molecule has 0 unspecified atom stereocenters. The van der Waals surface area contributed by atoms with E-state index < -0.39 is 22.0 Å². The van der Waals surface area contributed by atoms with Crippen LogP contribution in [0.3, 0.4) is 0 Å². The molecule has 0 aromatic heterocycles. The van der Waals surface area contributed by atoms with E-state index >= 15 is 0 Å². The molecule has 0 bridgehead atoms. The highest BCUT2D eigenvalue weighted by Crippen LogP contribution is 2.25. The first-order valence-electron chi connectivity index (χ1n) is 9.98. The van der Waals surface area contributed by atoms with E-state index in [1.165, 1.54) is 12.1 Å². The first-order chi connectivity index (χ1) is 15.2. The fraction of sp³-hybridized carbons (Fsp3) is 0.208. The van der Waals surface area contributed by atoms with Gasteiger partial charge in [0.2, 0.25) is 10.0 Å². The zero-order valence-corrected chi connectivity index (χ0v) is 19.2. The summed E-state index contributed by atoms with van der Waals surface area (Å²) in [5.41, 5.74) is 2.68. The van der Waals surface area contributed by atoms with Crippen LogP contribution in [0.2, 0.25) is 5.02 Å². The zero-order chi connectivity index (χ0) is 23.3. The Morgan fingerprint density at radius 3 is 2.12 bits per heavy atom. The lowest BCUT2D eigenvalue weighted by molar-refractivity contribution is -0.140. The zero-order valence-electron chi connectivity index (χ0n) is 17.7. The number of carboxylic acid groups (broad SMARTS) is 1. The average molecular weight is 474 g/mol. The normalized spacial score (nSPS) is 12.5. The van der Waals surface area contributed by atoms with Gasteiger partial charge in [-0.1, -0.05) is 61.8 Å². The molecule has 3 aromatic carbocycles. The Hall–Kier alpha value is -2.87. The van der Waals surface area contributed by atoms with Gasteiger partial charge in [-0.25, -0.2) is 8.42 Å². The minimum Gasteiger partial charge on any atom is -0.489 e. The van der Waals surface area contributed by atoms with E-state index in [9.17, 15) is 18.3 Å². The third-order valence-corrected chi connectivity index (χ3v) is 6.55. The minimum atomic E-state index is -3.95. The van der Waals surface area contributed by atoms with Crippen molar-refractivity contribution in [2.24, 2.45) is 5.92 Å². The van der Waals surface area contributed by atoms with Crippen LogP contribution in [0.5, 0.6) is 5.75 Å². The standard InChI is InChI=1S/C24H24ClNO5S/c1-16(2)23(24(27)28)26-32(29,30)22-12-8-19(9-13-22)18-6-10-21(11-7-18)31-15-17-4-3-5-20(25)14-17/h3-14,16,23,26H,15H2,1-2H3,(H,27,28)/t23-/m1/s1. The fourth-order valence-corrected chi connectivity index (χ4v) is 4.62. The molecule has 6 nitrogen and oxygen atoms in total. The molecule has 8 heteroatoms. The minimum absolute atomic E-state index is 0.00891. The van der Waals surface area contributed by atoms with Crippen LogP contribution >= 0.6 is 11.6 Å². The molecule has 3 rings (SSSR count). The summed E-state index contributed by atoms with van der Waals surface area (Å²) in [7, 11) is -3.95. The van der Waals surface area contributed by atoms with Gasteiger partial charge in [0.15, 0.2) is 0 Å². The van der Waals surface area contributed by atoms with E-state index in [4.69, 9.17) is 16.3 Å². The number of carboxylic acids is 1. The van der Waals surface area contributed by atoms with Gasteiger partial charge in [-0.3, -0.25) is 4.79 Å². The topological polar surface area (TPSA) is 92.7 Å². The van der Waals surface area contributed by atoms with Crippen molar-refractivity contribution in [1.82, 2.24) is 4.72 Å². The van der Waals surface area contributed by atoms with Gasteiger partial charge >= 0.3 is 5.97 Å². The van der Waals surface area contributed by atoms with Gasteiger partial charge in [0, 0.05) is 5.02 Å². The molecule has 0 aliphatic carbocycles. The van der Waals surface area contributed by atoms with Crippen LogP contribution < -0.4 is 9.46 Å². The third kappa shape index (κ3) is 6.09. The molecule has 0 spiro atoms. The van der Waals surface area contributed by atoms with Gasteiger partial charge in [-0.15, -0.1) is 0 Å². The Labute approximate surface area is 192 Å². The Morgan fingerprint density at radius 2 is 1.59 bits per heavy atom. The maximum atomic E-state index is 12.6. The number of aliphatic carboxylic acids is 1. The lowest BCUT2D eigenvalue weighted by Crippen LogP contribution is -2.44. The summed E-state index contributed by atoms with van der Waals surface area (Å²) < 4.78 is 33.1. The summed E-state index contributed by atoms with van der Waals surface area (Å²) in [6.45, 7) is 3.69. The predicted octanol–water partition coefficient (Wildman–Crippen LogP) is 4.97. The molecule has 0 saturated carbocycles. The van der Waals surface area contributed by atoms with Crippen molar-refractivity contribution >= 4 is 27.6 Å². The molecule has 1 atom stereocenters. The first-order valence-corrected chi connectivity index (χ1v) is 11.8. The summed E-state index contributed by atoms with van der Waals surface area (Å²) in [6, 6.07) is 20.0. The molecule has 168 valence electrons. The quantitative estimate of drug-likeness (QED) is 0.457. The van der Waals surface area contributed by atoms with Crippen molar-refractivity contribution in [3.8, 4) is 16.9 Å². The summed E-state index contributed by atoms with van der Waals surface area (Å²) in [4.78, 5) is 11.3. The second kappa shape index (κ2) is 10.2. The van der Waals surface area contributed by atoms with Crippen LogP contribution in [0.4, 0.5) is 0 Å². The van der Waals surface area contributed by atoms with Gasteiger partial charge in [0.05, 0.1) is 4.90 Å². The van der Waals surface area contributed by atoms with Crippen LogP contribution in [0.25, 0.3) is 11.1 Å². The number of rotatable bonds is 9. The molecule has 0 amide bonds. The fourth-order valence-electron chi connectivity index (χ4n) is 3.07. The molecule has 2 N–H and O–H groups in total. The molecule has 0 aliphatic heterocycles. The second-order valence-electron chi connectivity index (χ2n) is 7.65. The monoisotopic (exact) mass is 473 g/mol. The largest absolute Gasteiger partial charge is 0.489 e.